The molecule has 0 aliphatic carbocycles. The van der Waals surface area contributed by atoms with E-state index in [0.29, 0.717) is 5.92 Å². The van der Waals surface area contributed by atoms with Gasteiger partial charge in [-0.3, -0.25) is 9.97 Å². The smallest absolute Gasteiger partial charge is 0.0725 e. The van der Waals surface area contributed by atoms with Gasteiger partial charge >= 0.3 is 0 Å². The van der Waals surface area contributed by atoms with E-state index in [1.165, 1.54) is 16.3 Å². The molecular weight excluding hydrogens is 270 g/mol. The van der Waals surface area contributed by atoms with Gasteiger partial charge in [-0.05, 0) is 30.2 Å². The zero-order valence-corrected chi connectivity index (χ0v) is 12.7. The van der Waals surface area contributed by atoms with Crippen LogP contribution in [0.3, 0.4) is 0 Å². The Balaban J connectivity index is 2.04. The van der Waals surface area contributed by atoms with Gasteiger partial charge in [-0.2, -0.15) is 0 Å². The van der Waals surface area contributed by atoms with E-state index < -0.39 is 0 Å². The minimum absolute atomic E-state index is 0.439. The monoisotopic (exact) mass is 287 g/mol. The van der Waals surface area contributed by atoms with E-state index in [1.807, 2.05) is 18.6 Å². The molecule has 0 spiro atoms. The van der Waals surface area contributed by atoms with Gasteiger partial charge in [0.2, 0.25) is 0 Å². The van der Waals surface area contributed by atoms with Crippen LogP contribution >= 0.6 is 0 Å². The molecule has 0 N–H and O–H groups in total. The highest BCUT2D eigenvalue weighted by Gasteiger charge is 2.12. The van der Waals surface area contributed by atoms with Crippen LogP contribution in [-0.2, 0) is 0 Å². The maximum atomic E-state index is 4.61. The number of nitrogens with zero attached hydrogens (tertiary/aromatic N) is 3. The largest absolute Gasteiger partial charge is 0.306 e. The highest BCUT2D eigenvalue weighted by Crippen LogP contribution is 2.31. The summed E-state index contributed by atoms with van der Waals surface area (Å²) in [6.45, 7) is 4.32. The lowest BCUT2D eigenvalue weighted by Gasteiger charge is -2.09. The molecule has 22 heavy (non-hydrogen) atoms. The van der Waals surface area contributed by atoms with Crippen molar-refractivity contribution >= 4 is 21.8 Å². The van der Waals surface area contributed by atoms with Gasteiger partial charge in [0.25, 0.3) is 0 Å². The van der Waals surface area contributed by atoms with Crippen LogP contribution in [0.15, 0.2) is 61.1 Å². The topological polar surface area (TPSA) is 30.7 Å². The summed E-state index contributed by atoms with van der Waals surface area (Å²) >= 11 is 0. The molecule has 0 aliphatic heterocycles. The fourth-order valence-corrected chi connectivity index (χ4v) is 2.97. The molecule has 0 atom stereocenters. The van der Waals surface area contributed by atoms with Crippen LogP contribution in [-0.4, -0.2) is 14.5 Å². The van der Waals surface area contributed by atoms with Gasteiger partial charge in [0.1, 0.15) is 0 Å². The number of rotatable bonds is 2. The molecule has 0 saturated carbocycles. The van der Waals surface area contributed by atoms with Gasteiger partial charge < -0.3 is 4.57 Å². The van der Waals surface area contributed by atoms with Crippen molar-refractivity contribution in [2.75, 3.05) is 0 Å². The van der Waals surface area contributed by atoms with E-state index in [4.69, 9.17) is 0 Å². The number of benzene rings is 1. The van der Waals surface area contributed by atoms with Crippen LogP contribution in [0.25, 0.3) is 27.5 Å². The molecule has 3 nitrogen and oxygen atoms in total. The zero-order valence-electron chi connectivity index (χ0n) is 12.7. The van der Waals surface area contributed by atoms with E-state index in [-0.39, 0.29) is 0 Å². The van der Waals surface area contributed by atoms with E-state index in [0.717, 1.165) is 16.9 Å². The number of pyridine rings is 2. The zero-order chi connectivity index (χ0) is 15.1. The first-order valence-electron chi connectivity index (χ1n) is 7.55. The predicted octanol–water partition coefficient (Wildman–Crippen LogP) is 4.70. The minimum atomic E-state index is 0.439. The Morgan fingerprint density at radius 3 is 2.45 bits per heavy atom. The van der Waals surface area contributed by atoms with Crippen molar-refractivity contribution in [2.45, 2.75) is 19.8 Å². The summed E-state index contributed by atoms with van der Waals surface area (Å²) in [5.41, 5.74) is 4.48. The Morgan fingerprint density at radius 1 is 0.864 bits per heavy atom. The highest BCUT2D eigenvalue weighted by molar-refractivity contribution is 6.08. The third-order valence-corrected chi connectivity index (χ3v) is 4.10. The first kappa shape index (κ1) is 13.0. The highest BCUT2D eigenvalue weighted by atomic mass is 15.0. The summed E-state index contributed by atoms with van der Waals surface area (Å²) in [7, 11) is 0. The molecular formula is C19H17N3. The van der Waals surface area contributed by atoms with Crippen molar-refractivity contribution in [3.8, 4) is 5.69 Å². The maximum absolute atomic E-state index is 4.61. The van der Waals surface area contributed by atoms with Crippen LogP contribution in [0.4, 0.5) is 0 Å². The lowest BCUT2D eigenvalue weighted by molar-refractivity contribution is 0.821. The van der Waals surface area contributed by atoms with Crippen molar-refractivity contribution in [3.05, 3.63) is 66.7 Å². The van der Waals surface area contributed by atoms with E-state index in [9.17, 15) is 0 Å². The summed E-state index contributed by atoms with van der Waals surface area (Å²) in [6.07, 6.45) is 5.72. The van der Waals surface area contributed by atoms with Gasteiger partial charge in [0.05, 0.1) is 29.1 Å². The SMILES string of the molecule is CC(C)c1ccc(-n2c3ccccc3c3ccncc32)cn1. The molecule has 4 rings (SSSR count). The second kappa shape index (κ2) is 4.95. The van der Waals surface area contributed by atoms with Crippen molar-refractivity contribution in [1.82, 2.24) is 14.5 Å². The fraction of sp³-hybridized carbons (Fsp3) is 0.158. The third kappa shape index (κ3) is 1.90. The predicted molar refractivity (Wildman–Crippen MR) is 90.5 cm³/mol. The maximum Gasteiger partial charge on any atom is 0.0725 e. The van der Waals surface area contributed by atoms with E-state index in [1.54, 1.807) is 0 Å². The Hall–Kier alpha value is -2.68. The molecule has 0 saturated heterocycles. The number of fused-ring (bicyclic) bond motifs is 3. The molecule has 0 radical (unpaired) electrons. The van der Waals surface area contributed by atoms with E-state index >= 15 is 0 Å². The Morgan fingerprint density at radius 2 is 1.68 bits per heavy atom. The van der Waals surface area contributed by atoms with E-state index in [2.05, 4.69) is 70.8 Å². The molecule has 0 fully saturated rings. The molecule has 108 valence electrons. The molecule has 0 aliphatic rings. The van der Waals surface area contributed by atoms with Crippen molar-refractivity contribution in [3.63, 3.8) is 0 Å². The Kier molecular flexibility index (Phi) is 2.93. The normalized spacial score (nSPS) is 11.6. The van der Waals surface area contributed by atoms with Crippen LogP contribution in [0.1, 0.15) is 25.5 Å². The first-order valence-corrected chi connectivity index (χ1v) is 7.55. The minimum Gasteiger partial charge on any atom is -0.306 e. The second-order valence-electron chi connectivity index (χ2n) is 5.84. The average molecular weight is 287 g/mol. The van der Waals surface area contributed by atoms with Crippen molar-refractivity contribution < 1.29 is 0 Å². The molecule has 3 heterocycles. The summed E-state index contributed by atoms with van der Waals surface area (Å²) in [6, 6.07) is 14.8. The number of hydrogen-bond donors (Lipinski definition) is 0. The lowest BCUT2D eigenvalue weighted by atomic mass is 10.1. The first-order chi connectivity index (χ1) is 10.8. The molecule has 0 unspecified atom stereocenters. The average Bonchev–Trinajstić information content (AvgIpc) is 2.89. The molecule has 0 amide bonds. The quantitative estimate of drug-likeness (QED) is 0.535. The van der Waals surface area contributed by atoms with Crippen LogP contribution in [0.2, 0.25) is 0 Å². The summed E-state index contributed by atoms with van der Waals surface area (Å²) in [4.78, 5) is 8.91. The number of aromatic nitrogens is 3. The molecule has 0 bridgehead atoms. The Labute approximate surface area is 129 Å². The molecule has 3 heteroatoms. The van der Waals surface area contributed by atoms with Gasteiger partial charge in [0.15, 0.2) is 0 Å². The third-order valence-electron chi connectivity index (χ3n) is 4.10. The summed E-state index contributed by atoms with van der Waals surface area (Å²) in [5.74, 6) is 0.439. The van der Waals surface area contributed by atoms with Crippen LogP contribution in [0.5, 0.6) is 0 Å². The van der Waals surface area contributed by atoms with Gasteiger partial charge in [-0.25, -0.2) is 0 Å². The van der Waals surface area contributed by atoms with Crippen LogP contribution < -0.4 is 0 Å². The molecule has 4 aromatic rings. The van der Waals surface area contributed by atoms with Gasteiger partial charge in [-0.15, -0.1) is 0 Å². The summed E-state index contributed by atoms with van der Waals surface area (Å²) < 4.78 is 2.23. The van der Waals surface area contributed by atoms with Gasteiger partial charge in [-0.1, -0.05) is 32.0 Å². The lowest BCUT2D eigenvalue weighted by Crippen LogP contribution is -1.98. The van der Waals surface area contributed by atoms with Crippen molar-refractivity contribution in [2.24, 2.45) is 0 Å². The number of hydrogen-bond acceptors (Lipinski definition) is 2. The number of para-hydroxylation sites is 1. The summed E-state index contributed by atoms with van der Waals surface area (Å²) in [5, 5.41) is 2.46. The van der Waals surface area contributed by atoms with Crippen LogP contribution in [0, 0.1) is 0 Å². The standard InChI is InChI=1S/C19H17N3/c1-13(2)17-8-7-14(11-21-17)22-18-6-4-3-5-15(18)16-9-10-20-12-19(16)22/h3-13H,1-2H3. The molecule has 1 aromatic carbocycles. The fourth-order valence-electron chi connectivity index (χ4n) is 2.97. The Bertz CT molecular complexity index is 896. The van der Waals surface area contributed by atoms with Crippen molar-refractivity contribution in [1.29, 1.82) is 0 Å². The molecule has 3 aromatic heterocycles. The van der Waals surface area contributed by atoms with Gasteiger partial charge in [0, 0.05) is 22.7 Å². The second-order valence-corrected chi connectivity index (χ2v) is 5.84.